The molecule has 2 nitrogen and oxygen atoms in total. The minimum atomic E-state index is -1.34. The molecule has 0 amide bonds. The van der Waals surface area contributed by atoms with Gasteiger partial charge in [0.25, 0.3) is 0 Å². The lowest BCUT2D eigenvalue weighted by Gasteiger charge is -2.10. The molecule has 0 radical (unpaired) electrons. The van der Waals surface area contributed by atoms with Gasteiger partial charge in [0.05, 0.1) is 34.5 Å². The smallest absolute Gasteiger partial charge is 0.171 e. The van der Waals surface area contributed by atoms with Crippen LogP contribution in [0.2, 0.25) is 5.02 Å². The van der Waals surface area contributed by atoms with Crippen molar-refractivity contribution in [2.45, 2.75) is 0 Å². The molecule has 0 N–H and O–H groups in total. The van der Waals surface area contributed by atoms with E-state index in [0.29, 0.717) is 6.07 Å². The highest BCUT2D eigenvalue weighted by Crippen LogP contribution is 2.30. The molecule has 0 aliphatic rings. The molecule has 1 heterocycles. The van der Waals surface area contributed by atoms with Gasteiger partial charge in [-0.3, -0.25) is 4.57 Å². The van der Waals surface area contributed by atoms with Crippen molar-refractivity contribution in [2.75, 3.05) is 0 Å². The van der Waals surface area contributed by atoms with Crippen LogP contribution in [0, 0.1) is 23.3 Å². The third-order valence-corrected chi connectivity index (χ3v) is 3.43. The monoisotopic (exact) mass is 326 g/mol. The quantitative estimate of drug-likeness (QED) is 0.491. The first-order valence-corrected chi connectivity index (χ1v) is 6.48. The van der Waals surface area contributed by atoms with Crippen LogP contribution in [0.1, 0.15) is 0 Å². The van der Waals surface area contributed by atoms with Gasteiger partial charge in [-0.25, -0.2) is 22.5 Å². The Kier molecular flexibility index (Phi) is 3.62. The van der Waals surface area contributed by atoms with Crippen LogP contribution in [0.3, 0.4) is 0 Å². The van der Waals surface area contributed by atoms with Crippen molar-refractivity contribution in [3.63, 3.8) is 0 Å². The molecule has 0 bridgehead atoms. The summed E-state index contributed by atoms with van der Waals surface area (Å²) in [6.45, 7) is 0. The van der Waals surface area contributed by atoms with E-state index >= 15 is 0 Å². The number of aromatic nitrogens is 2. The lowest BCUT2D eigenvalue weighted by molar-refractivity contribution is 0.498. The first-order chi connectivity index (χ1) is 10.5. The Labute approximate surface area is 127 Å². The average molecular weight is 327 g/mol. The van der Waals surface area contributed by atoms with Crippen LogP contribution >= 0.6 is 11.6 Å². The van der Waals surface area contributed by atoms with Crippen LogP contribution < -0.4 is 0 Å². The van der Waals surface area contributed by atoms with Crippen molar-refractivity contribution < 1.29 is 17.6 Å². The van der Waals surface area contributed by atoms with Crippen LogP contribution in [0.5, 0.6) is 0 Å². The fraction of sp³-hybridized carbons (Fsp3) is 0. The Morgan fingerprint density at radius 1 is 0.909 bits per heavy atom. The van der Waals surface area contributed by atoms with Gasteiger partial charge in [-0.05, 0) is 30.3 Å². The highest BCUT2D eigenvalue weighted by Gasteiger charge is 2.19. The van der Waals surface area contributed by atoms with Crippen LogP contribution in [0.4, 0.5) is 17.6 Å². The van der Waals surface area contributed by atoms with E-state index in [9.17, 15) is 17.6 Å². The predicted molar refractivity (Wildman–Crippen MR) is 73.8 cm³/mol. The largest absolute Gasteiger partial charge is 0.299 e. The third kappa shape index (κ3) is 2.35. The zero-order chi connectivity index (χ0) is 15.9. The van der Waals surface area contributed by atoms with E-state index < -0.39 is 28.8 Å². The van der Waals surface area contributed by atoms with Crippen molar-refractivity contribution in [2.24, 2.45) is 0 Å². The van der Waals surface area contributed by atoms with Gasteiger partial charge in [-0.1, -0.05) is 11.6 Å². The number of rotatable bonds is 2. The zero-order valence-corrected chi connectivity index (χ0v) is 11.6. The van der Waals surface area contributed by atoms with E-state index in [1.807, 2.05) is 0 Å². The molecule has 3 rings (SSSR count). The summed E-state index contributed by atoms with van der Waals surface area (Å²) in [7, 11) is 0. The zero-order valence-electron chi connectivity index (χ0n) is 10.8. The second kappa shape index (κ2) is 5.46. The molecule has 0 saturated heterocycles. The first kappa shape index (κ1) is 14.6. The van der Waals surface area contributed by atoms with Crippen molar-refractivity contribution >= 4 is 11.6 Å². The van der Waals surface area contributed by atoms with E-state index in [2.05, 4.69) is 4.98 Å². The lowest BCUT2D eigenvalue weighted by Crippen LogP contribution is -2.01. The number of hydrogen-bond donors (Lipinski definition) is 0. The number of hydrogen-bond acceptors (Lipinski definition) is 1. The summed E-state index contributed by atoms with van der Waals surface area (Å²) in [6.07, 6.45) is 2.40. The maximum absolute atomic E-state index is 13.9. The van der Waals surface area contributed by atoms with Gasteiger partial charge in [0.2, 0.25) is 0 Å². The summed E-state index contributed by atoms with van der Waals surface area (Å²) in [6, 6.07) is 5.34. The van der Waals surface area contributed by atoms with Gasteiger partial charge in [0.1, 0.15) is 11.6 Å². The van der Waals surface area contributed by atoms with E-state index in [1.165, 1.54) is 23.0 Å². The van der Waals surface area contributed by atoms with Crippen molar-refractivity contribution in [3.8, 4) is 16.9 Å². The normalized spacial score (nSPS) is 11.0. The van der Waals surface area contributed by atoms with Gasteiger partial charge in [0.15, 0.2) is 11.6 Å². The van der Waals surface area contributed by atoms with Crippen molar-refractivity contribution in [1.82, 2.24) is 9.55 Å². The topological polar surface area (TPSA) is 17.8 Å². The van der Waals surface area contributed by atoms with E-state index in [-0.39, 0.29) is 16.4 Å². The van der Waals surface area contributed by atoms with E-state index in [0.717, 1.165) is 18.3 Å². The molecule has 1 aromatic heterocycles. The highest BCUT2D eigenvalue weighted by atomic mass is 35.5. The summed E-state index contributed by atoms with van der Waals surface area (Å²) in [5, 5.41) is -0.0893. The molecule has 7 heteroatoms. The molecule has 0 aliphatic carbocycles. The van der Waals surface area contributed by atoms with Gasteiger partial charge >= 0.3 is 0 Å². The van der Waals surface area contributed by atoms with Crippen LogP contribution in [0.25, 0.3) is 16.9 Å². The molecular formula is C15H7ClF4N2. The number of nitrogens with zero attached hydrogens (tertiary/aromatic N) is 2. The standard InChI is InChI=1S/C15H7ClF4N2/c16-9-2-1-8(5-12(9)19)22-7-21-6-13(22)14-10(17)3-4-11(18)15(14)20/h1-7H. The van der Waals surface area contributed by atoms with Crippen molar-refractivity contribution in [1.29, 1.82) is 0 Å². The molecule has 0 saturated carbocycles. The fourth-order valence-corrected chi connectivity index (χ4v) is 2.20. The second-order valence-corrected chi connectivity index (χ2v) is 4.87. The van der Waals surface area contributed by atoms with Gasteiger partial charge in [-0.15, -0.1) is 0 Å². The van der Waals surface area contributed by atoms with Gasteiger partial charge in [0, 0.05) is 0 Å². The van der Waals surface area contributed by atoms with Crippen LogP contribution in [0.15, 0.2) is 42.9 Å². The Morgan fingerprint density at radius 3 is 2.36 bits per heavy atom. The second-order valence-electron chi connectivity index (χ2n) is 4.47. The molecule has 0 fully saturated rings. The molecule has 2 aromatic carbocycles. The minimum absolute atomic E-state index is 0.0452. The average Bonchev–Trinajstić information content (AvgIpc) is 2.95. The minimum Gasteiger partial charge on any atom is -0.299 e. The Morgan fingerprint density at radius 2 is 1.64 bits per heavy atom. The summed E-state index contributed by atoms with van der Waals surface area (Å²) >= 11 is 5.60. The fourth-order valence-electron chi connectivity index (χ4n) is 2.08. The molecule has 3 aromatic rings. The van der Waals surface area contributed by atoms with Gasteiger partial charge < -0.3 is 0 Å². The number of imidazole rings is 1. The Hall–Kier alpha value is -2.34. The van der Waals surface area contributed by atoms with Crippen LogP contribution in [-0.2, 0) is 0 Å². The number of benzene rings is 2. The third-order valence-electron chi connectivity index (χ3n) is 3.12. The molecule has 0 atom stereocenters. The summed E-state index contributed by atoms with van der Waals surface area (Å²) in [4.78, 5) is 3.79. The molecule has 0 aliphatic heterocycles. The maximum atomic E-state index is 13.9. The van der Waals surface area contributed by atoms with E-state index in [4.69, 9.17) is 11.6 Å². The summed E-state index contributed by atoms with van der Waals surface area (Å²) < 4.78 is 55.9. The molecular weight excluding hydrogens is 320 g/mol. The van der Waals surface area contributed by atoms with Crippen molar-refractivity contribution in [3.05, 3.63) is 71.1 Å². The van der Waals surface area contributed by atoms with Gasteiger partial charge in [-0.2, -0.15) is 0 Å². The summed E-state index contributed by atoms with van der Waals surface area (Å²) in [5.74, 6) is -4.17. The SMILES string of the molecule is Fc1cc(-n2cncc2-c2c(F)ccc(F)c2F)ccc1Cl. The summed E-state index contributed by atoms with van der Waals surface area (Å²) in [5.41, 5.74) is -0.374. The highest BCUT2D eigenvalue weighted by molar-refractivity contribution is 6.30. The molecule has 0 spiro atoms. The Bertz CT molecular complexity index is 861. The van der Waals surface area contributed by atoms with E-state index in [1.54, 1.807) is 0 Å². The Balaban J connectivity index is 2.22. The van der Waals surface area contributed by atoms with Crippen LogP contribution in [-0.4, -0.2) is 9.55 Å². The molecule has 22 heavy (non-hydrogen) atoms. The maximum Gasteiger partial charge on any atom is 0.171 e. The molecule has 0 unspecified atom stereocenters. The lowest BCUT2D eigenvalue weighted by atomic mass is 10.1. The first-order valence-electron chi connectivity index (χ1n) is 6.10. The molecule has 112 valence electrons. The predicted octanol–water partition coefficient (Wildman–Crippen LogP) is 4.75. The number of halogens is 5.